The number of carbonyl (C=O) groups is 2. The standard InChI is InChI=1S/C19H21FN6O2/c1-3-26-16(27)7-6-13(17(26)15-8-9-21-25(15)2)19(28)22-18-12-5-4-11(20)10-14(12)23-24-18/h4-5,8-10,13,17H,3,6-7H2,1-2H3,(H2,22,23,24,28)/t13-,17-/m0/s1. The molecule has 3 aromatic rings. The Morgan fingerprint density at radius 3 is 2.93 bits per heavy atom. The summed E-state index contributed by atoms with van der Waals surface area (Å²) in [5.74, 6) is -0.674. The van der Waals surface area contributed by atoms with Crippen molar-refractivity contribution in [1.29, 1.82) is 0 Å². The Labute approximate surface area is 160 Å². The first-order valence-corrected chi connectivity index (χ1v) is 9.21. The molecule has 0 unspecified atom stereocenters. The summed E-state index contributed by atoms with van der Waals surface area (Å²) in [5, 5.41) is 14.5. The van der Waals surface area contributed by atoms with Crippen LogP contribution in [0.2, 0.25) is 0 Å². The number of anilines is 1. The van der Waals surface area contributed by atoms with Crippen LogP contribution in [0.4, 0.5) is 10.2 Å². The van der Waals surface area contributed by atoms with E-state index in [0.717, 1.165) is 5.69 Å². The minimum Gasteiger partial charge on any atom is -0.334 e. The number of amides is 2. The lowest BCUT2D eigenvalue weighted by molar-refractivity contribution is -0.142. The first kappa shape index (κ1) is 18.1. The molecule has 0 saturated carbocycles. The first-order chi connectivity index (χ1) is 13.5. The van der Waals surface area contributed by atoms with E-state index in [1.165, 1.54) is 12.1 Å². The molecule has 0 bridgehead atoms. The Bertz CT molecular complexity index is 1040. The molecule has 2 amide bonds. The molecule has 28 heavy (non-hydrogen) atoms. The van der Waals surface area contributed by atoms with Crippen molar-refractivity contribution in [3.05, 3.63) is 42.0 Å². The minimum atomic E-state index is -0.444. The summed E-state index contributed by atoms with van der Waals surface area (Å²) in [5.41, 5.74) is 1.32. The average molecular weight is 384 g/mol. The van der Waals surface area contributed by atoms with Gasteiger partial charge in [0.2, 0.25) is 11.8 Å². The molecule has 8 nitrogen and oxygen atoms in total. The van der Waals surface area contributed by atoms with Crippen molar-refractivity contribution < 1.29 is 14.0 Å². The van der Waals surface area contributed by atoms with E-state index in [4.69, 9.17) is 0 Å². The molecule has 2 aromatic heterocycles. The van der Waals surface area contributed by atoms with Crippen LogP contribution in [0.3, 0.4) is 0 Å². The quantitative estimate of drug-likeness (QED) is 0.722. The van der Waals surface area contributed by atoms with Gasteiger partial charge in [-0.15, -0.1) is 0 Å². The van der Waals surface area contributed by atoms with E-state index in [-0.39, 0.29) is 17.6 Å². The summed E-state index contributed by atoms with van der Waals surface area (Å²) < 4.78 is 15.1. The van der Waals surface area contributed by atoms with Gasteiger partial charge >= 0.3 is 0 Å². The zero-order chi connectivity index (χ0) is 19.8. The third-order valence-electron chi connectivity index (χ3n) is 5.31. The maximum absolute atomic E-state index is 13.4. The van der Waals surface area contributed by atoms with Crippen LogP contribution in [0.5, 0.6) is 0 Å². The topological polar surface area (TPSA) is 95.9 Å². The number of H-pyrrole nitrogens is 1. The molecule has 2 N–H and O–H groups in total. The van der Waals surface area contributed by atoms with Crippen LogP contribution in [0.25, 0.3) is 10.9 Å². The van der Waals surface area contributed by atoms with E-state index < -0.39 is 12.0 Å². The highest BCUT2D eigenvalue weighted by Crippen LogP contribution is 2.37. The minimum absolute atomic E-state index is 0.0263. The molecule has 1 aromatic carbocycles. The van der Waals surface area contributed by atoms with Crippen molar-refractivity contribution in [2.45, 2.75) is 25.8 Å². The second-order valence-corrected chi connectivity index (χ2v) is 6.90. The normalized spacial score (nSPS) is 20.0. The number of aromatic nitrogens is 4. The van der Waals surface area contributed by atoms with E-state index in [1.807, 2.05) is 13.0 Å². The van der Waals surface area contributed by atoms with Crippen molar-refractivity contribution in [3.8, 4) is 0 Å². The molecule has 1 aliphatic rings. The number of hydrogen-bond acceptors (Lipinski definition) is 4. The lowest BCUT2D eigenvalue weighted by Crippen LogP contribution is -2.47. The largest absolute Gasteiger partial charge is 0.334 e. The lowest BCUT2D eigenvalue weighted by Gasteiger charge is -2.39. The number of nitrogens with zero attached hydrogens (tertiary/aromatic N) is 4. The van der Waals surface area contributed by atoms with E-state index in [0.29, 0.717) is 36.1 Å². The third kappa shape index (κ3) is 3.02. The van der Waals surface area contributed by atoms with Gasteiger partial charge in [-0.25, -0.2) is 4.39 Å². The number of rotatable bonds is 4. The van der Waals surface area contributed by atoms with Gasteiger partial charge in [0.05, 0.1) is 23.2 Å². The second kappa shape index (κ2) is 7.06. The van der Waals surface area contributed by atoms with Crippen LogP contribution in [0.1, 0.15) is 31.5 Å². The van der Waals surface area contributed by atoms with Gasteiger partial charge in [-0.3, -0.25) is 19.4 Å². The van der Waals surface area contributed by atoms with Gasteiger partial charge in [-0.2, -0.15) is 10.2 Å². The first-order valence-electron chi connectivity index (χ1n) is 9.21. The number of likely N-dealkylation sites (tertiary alicyclic amines) is 1. The SMILES string of the molecule is CCN1C(=O)CC[C@H](C(=O)Nc2n[nH]c3cc(F)ccc23)[C@H]1c1ccnn1C. The van der Waals surface area contributed by atoms with Crippen molar-refractivity contribution in [2.24, 2.45) is 13.0 Å². The lowest BCUT2D eigenvalue weighted by atomic mass is 9.85. The molecular weight excluding hydrogens is 363 g/mol. The van der Waals surface area contributed by atoms with Gasteiger partial charge in [0.1, 0.15) is 5.82 Å². The Kier molecular flexibility index (Phi) is 4.58. The van der Waals surface area contributed by atoms with E-state index in [2.05, 4.69) is 20.6 Å². The fourth-order valence-electron chi connectivity index (χ4n) is 3.94. The molecule has 9 heteroatoms. The molecule has 3 heterocycles. The number of halogens is 1. The summed E-state index contributed by atoms with van der Waals surface area (Å²) in [6.45, 7) is 2.40. The highest BCUT2D eigenvalue weighted by molar-refractivity contribution is 6.01. The van der Waals surface area contributed by atoms with Gasteiger partial charge in [0.25, 0.3) is 0 Å². The van der Waals surface area contributed by atoms with Crippen LogP contribution >= 0.6 is 0 Å². The van der Waals surface area contributed by atoms with Crippen LogP contribution in [0, 0.1) is 11.7 Å². The molecule has 1 saturated heterocycles. The van der Waals surface area contributed by atoms with Gasteiger partial charge in [0.15, 0.2) is 5.82 Å². The van der Waals surface area contributed by atoms with Crippen LogP contribution in [-0.4, -0.2) is 43.2 Å². The maximum Gasteiger partial charge on any atom is 0.231 e. The fraction of sp³-hybridized carbons (Fsp3) is 0.368. The highest BCUT2D eigenvalue weighted by Gasteiger charge is 2.41. The summed E-state index contributed by atoms with van der Waals surface area (Å²) >= 11 is 0. The molecule has 0 spiro atoms. The van der Waals surface area contributed by atoms with Crippen LogP contribution in [-0.2, 0) is 16.6 Å². The number of aryl methyl sites for hydroxylation is 1. The number of nitrogens with one attached hydrogen (secondary N) is 2. The fourth-order valence-corrected chi connectivity index (χ4v) is 3.94. The molecule has 1 fully saturated rings. The molecule has 2 atom stereocenters. The Morgan fingerprint density at radius 1 is 1.39 bits per heavy atom. The smallest absolute Gasteiger partial charge is 0.231 e. The van der Waals surface area contributed by atoms with E-state index in [1.54, 1.807) is 28.9 Å². The van der Waals surface area contributed by atoms with Gasteiger partial charge in [-0.05, 0) is 37.6 Å². The summed E-state index contributed by atoms with van der Waals surface area (Å²) in [6.07, 6.45) is 2.41. The second-order valence-electron chi connectivity index (χ2n) is 6.90. The Hall–Kier alpha value is -3.23. The monoisotopic (exact) mass is 384 g/mol. The zero-order valence-electron chi connectivity index (χ0n) is 15.6. The van der Waals surface area contributed by atoms with Crippen molar-refractivity contribution in [3.63, 3.8) is 0 Å². The van der Waals surface area contributed by atoms with Crippen molar-refractivity contribution >= 4 is 28.5 Å². The maximum atomic E-state index is 13.4. The number of carbonyl (C=O) groups excluding carboxylic acids is 2. The summed E-state index contributed by atoms with van der Waals surface area (Å²) in [6, 6.07) is 5.66. The zero-order valence-corrected chi connectivity index (χ0v) is 15.6. The molecule has 146 valence electrons. The number of hydrogen-bond donors (Lipinski definition) is 2. The van der Waals surface area contributed by atoms with Gasteiger partial charge < -0.3 is 10.2 Å². The van der Waals surface area contributed by atoms with E-state index in [9.17, 15) is 14.0 Å². The van der Waals surface area contributed by atoms with Crippen molar-refractivity contribution in [1.82, 2.24) is 24.9 Å². The summed E-state index contributed by atoms with van der Waals surface area (Å²) in [7, 11) is 1.80. The molecule has 1 aliphatic heterocycles. The van der Waals surface area contributed by atoms with Crippen LogP contribution < -0.4 is 5.32 Å². The molecule has 4 rings (SSSR count). The molecular formula is C19H21FN6O2. The Balaban J connectivity index is 1.66. The molecule has 0 aliphatic carbocycles. The van der Waals surface area contributed by atoms with Gasteiger partial charge in [-0.1, -0.05) is 0 Å². The predicted molar refractivity (Wildman–Crippen MR) is 101 cm³/mol. The average Bonchev–Trinajstić information content (AvgIpc) is 3.27. The number of benzene rings is 1. The van der Waals surface area contributed by atoms with E-state index >= 15 is 0 Å². The van der Waals surface area contributed by atoms with Crippen LogP contribution in [0.15, 0.2) is 30.5 Å². The van der Waals surface area contributed by atoms with Gasteiger partial charge in [0, 0.05) is 31.6 Å². The number of piperidine rings is 1. The third-order valence-corrected chi connectivity index (χ3v) is 5.31. The highest BCUT2D eigenvalue weighted by atomic mass is 19.1. The predicted octanol–water partition coefficient (Wildman–Crippen LogP) is 2.37. The number of fused-ring (bicyclic) bond motifs is 1. The summed E-state index contributed by atoms with van der Waals surface area (Å²) in [4.78, 5) is 27.3. The molecule has 0 radical (unpaired) electrons. The van der Waals surface area contributed by atoms with Crippen molar-refractivity contribution in [2.75, 3.05) is 11.9 Å². The number of aromatic amines is 1. The Morgan fingerprint density at radius 2 is 2.21 bits per heavy atom.